The fourth-order valence-corrected chi connectivity index (χ4v) is 1.47. The van der Waals surface area contributed by atoms with E-state index in [2.05, 4.69) is 40.8 Å². The van der Waals surface area contributed by atoms with Crippen molar-refractivity contribution < 1.29 is 0 Å². The van der Waals surface area contributed by atoms with E-state index in [4.69, 9.17) is 5.73 Å². The van der Waals surface area contributed by atoms with Gasteiger partial charge in [-0.3, -0.25) is 0 Å². The molecule has 1 aromatic rings. The fraction of sp³-hybridized carbons (Fsp3) is 0.636. The summed E-state index contributed by atoms with van der Waals surface area (Å²) in [5, 5.41) is 0. The summed E-state index contributed by atoms with van der Waals surface area (Å²) in [5.41, 5.74) is 6.16. The van der Waals surface area contributed by atoms with Crippen molar-refractivity contribution in [1.82, 2.24) is 14.9 Å². The van der Waals surface area contributed by atoms with E-state index in [1.54, 1.807) is 12.4 Å². The van der Waals surface area contributed by atoms with E-state index in [0.717, 1.165) is 32.0 Å². The largest absolute Gasteiger partial charge is 0.396 e. The minimum atomic E-state index is 0.605. The van der Waals surface area contributed by atoms with Gasteiger partial charge in [0.15, 0.2) is 0 Å². The van der Waals surface area contributed by atoms with Gasteiger partial charge in [-0.2, -0.15) is 0 Å². The zero-order valence-electron chi connectivity index (χ0n) is 10.3. The quantitative estimate of drug-likeness (QED) is 0.774. The molecule has 1 aromatic heterocycles. The lowest BCUT2D eigenvalue weighted by Gasteiger charge is -2.21. The molecule has 90 valence electrons. The van der Waals surface area contributed by atoms with Crippen molar-refractivity contribution in [3.8, 4) is 0 Å². The van der Waals surface area contributed by atoms with Crippen LogP contribution in [0.25, 0.3) is 0 Å². The summed E-state index contributed by atoms with van der Waals surface area (Å²) in [4.78, 5) is 12.8. The topological polar surface area (TPSA) is 58.3 Å². The van der Waals surface area contributed by atoms with Gasteiger partial charge in [0.2, 0.25) is 5.95 Å². The van der Waals surface area contributed by atoms with Gasteiger partial charge in [0, 0.05) is 13.1 Å². The molecule has 0 aliphatic heterocycles. The van der Waals surface area contributed by atoms with E-state index in [1.165, 1.54) is 0 Å². The minimum absolute atomic E-state index is 0.605. The number of nitrogen functional groups attached to an aromatic ring is 1. The third-order valence-electron chi connectivity index (χ3n) is 2.36. The van der Waals surface area contributed by atoms with Crippen LogP contribution in [0.15, 0.2) is 12.4 Å². The van der Waals surface area contributed by atoms with Crippen LogP contribution in [0.4, 0.5) is 11.6 Å². The van der Waals surface area contributed by atoms with Crippen LogP contribution in [0.1, 0.15) is 13.3 Å². The normalized spacial score (nSPS) is 10.8. The molecule has 5 heteroatoms. The van der Waals surface area contributed by atoms with Crippen LogP contribution >= 0.6 is 0 Å². The lowest BCUT2D eigenvalue weighted by molar-refractivity contribution is 0.400. The van der Waals surface area contributed by atoms with Crippen LogP contribution in [0.2, 0.25) is 0 Å². The van der Waals surface area contributed by atoms with Gasteiger partial charge >= 0.3 is 0 Å². The average molecular weight is 223 g/mol. The van der Waals surface area contributed by atoms with Crippen molar-refractivity contribution in [3.05, 3.63) is 12.4 Å². The maximum Gasteiger partial charge on any atom is 0.225 e. The highest BCUT2D eigenvalue weighted by Gasteiger charge is 2.06. The first kappa shape index (κ1) is 12.7. The predicted molar refractivity (Wildman–Crippen MR) is 67.5 cm³/mol. The van der Waals surface area contributed by atoms with Crippen LogP contribution in [-0.4, -0.2) is 48.6 Å². The highest BCUT2D eigenvalue weighted by atomic mass is 15.2. The molecule has 0 saturated heterocycles. The minimum Gasteiger partial charge on any atom is -0.396 e. The molecule has 0 saturated carbocycles. The number of aromatic nitrogens is 2. The highest BCUT2D eigenvalue weighted by Crippen LogP contribution is 2.08. The van der Waals surface area contributed by atoms with Gasteiger partial charge in [-0.1, -0.05) is 0 Å². The first-order valence-corrected chi connectivity index (χ1v) is 5.60. The summed E-state index contributed by atoms with van der Waals surface area (Å²) < 4.78 is 0. The van der Waals surface area contributed by atoms with Crippen LogP contribution in [-0.2, 0) is 0 Å². The van der Waals surface area contributed by atoms with Crippen LogP contribution in [0.3, 0.4) is 0 Å². The van der Waals surface area contributed by atoms with Crippen molar-refractivity contribution in [2.75, 3.05) is 44.4 Å². The Balaban J connectivity index is 2.50. The molecule has 0 spiro atoms. The van der Waals surface area contributed by atoms with Crippen molar-refractivity contribution in [2.24, 2.45) is 0 Å². The monoisotopic (exact) mass is 223 g/mol. The Morgan fingerprint density at radius 2 is 1.81 bits per heavy atom. The Bertz CT molecular complexity index is 296. The first-order chi connectivity index (χ1) is 7.63. The molecule has 1 rings (SSSR count). The van der Waals surface area contributed by atoms with E-state index in [1.807, 2.05) is 0 Å². The van der Waals surface area contributed by atoms with Gasteiger partial charge < -0.3 is 15.5 Å². The molecule has 2 N–H and O–H groups in total. The van der Waals surface area contributed by atoms with E-state index in [0.29, 0.717) is 5.69 Å². The standard InChI is InChI=1S/C11H21N5/c1-4-16(7-5-6-15(2)3)11-13-8-10(12)9-14-11/h8-9H,4-7,12H2,1-3H3. The van der Waals surface area contributed by atoms with E-state index in [9.17, 15) is 0 Å². The van der Waals surface area contributed by atoms with E-state index >= 15 is 0 Å². The average Bonchev–Trinajstić information content (AvgIpc) is 2.26. The second-order valence-electron chi connectivity index (χ2n) is 4.05. The summed E-state index contributed by atoms with van der Waals surface area (Å²) in [6.07, 6.45) is 4.41. The molecule has 0 aromatic carbocycles. The van der Waals surface area contributed by atoms with Gasteiger partial charge in [-0.15, -0.1) is 0 Å². The number of rotatable bonds is 6. The number of nitrogens with two attached hydrogens (primary N) is 1. The predicted octanol–water partition coefficient (Wildman–Crippen LogP) is 0.837. The summed E-state index contributed by atoms with van der Waals surface area (Å²) in [6.45, 7) is 5.07. The first-order valence-electron chi connectivity index (χ1n) is 5.60. The zero-order valence-corrected chi connectivity index (χ0v) is 10.3. The maximum absolute atomic E-state index is 5.56. The zero-order chi connectivity index (χ0) is 12.0. The van der Waals surface area contributed by atoms with Gasteiger partial charge in [-0.05, 0) is 34.0 Å². The van der Waals surface area contributed by atoms with E-state index in [-0.39, 0.29) is 0 Å². The van der Waals surface area contributed by atoms with Crippen LogP contribution in [0, 0.1) is 0 Å². The van der Waals surface area contributed by atoms with E-state index < -0.39 is 0 Å². The molecule has 0 fully saturated rings. The van der Waals surface area contributed by atoms with Crippen LogP contribution < -0.4 is 10.6 Å². The lowest BCUT2D eigenvalue weighted by Crippen LogP contribution is -2.28. The molecule has 0 unspecified atom stereocenters. The number of nitrogens with zero attached hydrogens (tertiary/aromatic N) is 4. The maximum atomic E-state index is 5.56. The molecule has 16 heavy (non-hydrogen) atoms. The Morgan fingerprint density at radius 3 is 2.31 bits per heavy atom. The van der Waals surface area contributed by atoms with Gasteiger partial charge in [0.25, 0.3) is 0 Å². The Kier molecular flexibility index (Phi) is 4.98. The summed E-state index contributed by atoms with van der Waals surface area (Å²) >= 11 is 0. The fourth-order valence-electron chi connectivity index (χ4n) is 1.47. The Hall–Kier alpha value is -1.36. The second-order valence-corrected chi connectivity index (χ2v) is 4.05. The summed E-state index contributed by atoms with van der Waals surface area (Å²) in [5.74, 6) is 0.760. The van der Waals surface area contributed by atoms with Crippen molar-refractivity contribution in [3.63, 3.8) is 0 Å². The molecular formula is C11H21N5. The van der Waals surface area contributed by atoms with Gasteiger partial charge in [0.1, 0.15) is 0 Å². The molecule has 0 aliphatic rings. The number of hydrogen-bond acceptors (Lipinski definition) is 5. The lowest BCUT2D eigenvalue weighted by atomic mass is 10.3. The SMILES string of the molecule is CCN(CCCN(C)C)c1ncc(N)cn1. The number of anilines is 2. The molecule has 0 aliphatic carbocycles. The Morgan fingerprint density at radius 1 is 1.19 bits per heavy atom. The second kappa shape index (κ2) is 6.27. The van der Waals surface area contributed by atoms with Gasteiger partial charge in [-0.25, -0.2) is 9.97 Å². The third-order valence-corrected chi connectivity index (χ3v) is 2.36. The van der Waals surface area contributed by atoms with Crippen molar-refractivity contribution >= 4 is 11.6 Å². The molecule has 5 nitrogen and oxygen atoms in total. The molecule has 0 amide bonds. The van der Waals surface area contributed by atoms with Crippen molar-refractivity contribution in [1.29, 1.82) is 0 Å². The molecule has 0 atom stereocenters. The molecular weight excluding hydrogens is 202 g/mol. The molecule has 0 radical (unpaired) electrons. The Labute approximate surface area is 97.3 Å². The number of hydrogen-bond donors (Lipinski definition) is 1. The molecule has 0 bridgehead atoms. The summed E-state index contributed by atoms with van der Waals surface area (Å²) in [6, 6.07) is 0. The third kappa shape index (κ3) is 4.02. The van der Waals surface area contributed by atoms with Crippen LogP contribution in [0.5, 0.6) is 0 Å². The van der Waals surface area contributed by atoms with Crippen molar-refractivity contribution in [2.45, 2.75) is 13.3 Å². The van der Waals surface area contributed by atoms with Gasteiger partial charge in [0.05, 0.1) is 18.1 Å². The highest BCUT2D eigenvalue weighted by molar-refractivity contribution is 5.37. The molecule has 1 heterocycles. The summed E-state index contributed by atoms with van der Waals surface area (Å²) in [7, 11) is 4.16. The smallest absolute Gasteiger partial charge is 0.225 e.